The van der Waals surface area contributed by atoms with Crippen LogP contribution in [0.3, 0.4) is 0 Å². The van der Waals surface area contributed by atoms with Crippen molar-refractivity contribution in [2.45, 2.75) is 31.2 Å². The number of imide groups is 1. The number of ether oxygens (including phenoxy) is 2. The van der Waals surface area contributed by atoms with E-state index in [2.05, 4.69) is 0 Å². The van der Waals surface area contributed by atoms with Crippen molar-refractivity contribution in [1.82, 2.24) is 0 Å². The van der Waals surface area contributed by atoms with E-state index in [9.17, 15) is 14.0 Å². The van der Waals surface area contributed by atoms with Gasteiger partial charge in [-0.1, -0.05) is 23.7 Å². The molecule has 1 heterocycles. The molecule has 0 aliphatic carbocycles. The Bertz CT molecular complexity index is 907. The van der Waals surface area contributed by atoms with Gasteiger partial charge in [-0.25, -0.2) is 14.1 Å². The first-order chi connectivity index (χ1) is 12.6. The predicted octanol–water partition coefficient (Wildman–Crippen LogP) is 4.60. The molecule has 0 aromatic heterocycles. The van der Waals surface area contributed by atoms with Gasteiger partial charge in [0.25, 0.3) is 5.91 Å². The van der Waals surface area contributed by atoms with Crippen molar-refractivity contribution < 1.29 is 23.5 Å². The van der Waals surface area contributed by atoms with Crippen molar-refractivity contribution in [3.63, 3.8) is 0 Å². The van der Waals surface area contributed by atoms with Crippen LogP contribution in [0.25, 0.3) is 0 Å². The number of carbonyl (C=O) groups is 2. The van der Waals surface area contributed by atoms with Crippen molar-refractivity contribution in [3.05, 3.63) is 59.4 Å². The molecule has 1 atom stereocenters. The maximum Gasteiger partial charge on any atom is 0.421 e. The van der Waals surface area contributed by atoms with Crippen molar-refractivity contribution in [2.75, 3.05) is 12.0 Å². The van der Waals surface area contributed by atoms with Crippen LogP contribution in [0.4, 0.5) is 14.9 Å². The lowest BCUT2D eigenvalue weighted by molar-refractivity contribution is -0.119. The fraction of sp³-hybridized carbons (Fsp3) is 0.300. The molecule has 0 spiro atoms. The minimum Gasteiger partial charge on any atom is -0.497 e. The molecule has 2 amide bonds. The number of benzene rings is 2. The lowest BCUT2D eigenvalue weighted by Gasteiger charge is -2.25. The first-order valence-corrected chi connectivity index (χ1v) is 8.67. The molecule has 0 fully saturated rings. The zero-order valence-corrected chi connectivity index (χ0v) is 16.1. The Morgan fingerprint density at radius 2 is 1.78 bits per heavy atom. The number of methoxy groups -OCH3 is 1. The van der Waals surface area contributed by atoms with Gasteiger partial charge in [0.1, 0.15) is 17.2 Å². The van der Waals surface area contributed by atoms with E-state index in [0.717, 1.165) is 4.90 Å². The second kappa shape index (κ2) is 6.53. The summed E-state index contributed by atoms with van der Waals surface area (Å²) >= 11 is 6.79. The molecular formula is C20H19ClFNO4. The number of hydrogen-bond donors (Lipinski definition) is 0. The Morgan fingerprint density at radius 3 is 2.33 bits per heavy atom. The molecule has 3 rings (SSSR count). The SMILES string of the molecule is COc1ccc2c(c1)[C@](Cl)(c1ccc(F)cc1)C(=O)N2C(=O)OC(C)(C)C. The molecule has 5 nitrogen and oxygen atoms in total. The largest absolute Gasteiger partial charge is 0.497 e. The maximum atomic E-state index is 13.4. The molecule has 2 aromatic carbocycles. The summed E-state index contributed by atoms with van der Waals surface area (Å²) in [7, 11) is 1.48. The fourth-order valence-electron chi connectivity index (χ4n) is 2.94. The van der Waals surface area contributed by atoms with Crippen molar-refractivity contribution in [3.8, 4) is 5.75 Å². The monoisotopic (exact) mass is 391 g/mol. The van der Waals surface area contributed by atoms with Gasteiger partial charge in [0.05, 0.1) is 12.8 Å². The highest BCUT2D eigenvalue weighted by Crippen LogP contribution is 2.50. The fourth-order valence-corrected chi connectivity index (χ4v) is 3.30. The van der Waals surface area contributed by atoms with Gasteiger partial charge in [0.2, 0.25) is 0 Å². The van der Waals surface area contributed by atoms with Crippen LogP contribution < -0.4 is 9.64 Å². The number of nitrogens with zero attached hydrogens (tertiary/aromatic N) is 1. The zero-order chi connectivity index (χ0) is 20.0. The van der Waals surface area contributed by atoms with Crippen LogP contribution in [0.1, 0.15) is 31.9 Å². The summed E-state index contributed by atoms with van der Waals surface area (Å²) in [5.41, 5.74) is 0.216. The van der Waals surface area contributed by atoms with Crippen molar-refractivity contribution >= 4 is 29.3 Å². The molecular weight excluding hydrogens is 373 g/mol. The van der Waals surface area contributed by atoms with E-state index in [1.165, 1.54) is 31.4 Å². The van der Waals surface area contributed by atoms with Crippen LogP contribution in [0.2, 0.25) is 0 Å². The summed E-state index contributed by atoms with van der Waals surface area (Å²) < 4.78 is 24.0. The molecule has 1 aliphatic heterocycles. The molecule has 0 saturated heterocycles. The van der Waals surface area contributed by atoms with Crippen LogP contribution in [-0.2, 0) is 14.4 Å². The summed E-state index contributed by atoms with van der Waals surface area (Å²) in [6.07, 6.45) is -0.830. The lowest BCUT2D eigenvalue weighted by Crippen LogP contribution is -2.43. The van der Waals surface area contributed by atoms with Crippen molar-refractivity contribution in [2.24, 2.45) is 0 Å². The summed E-state index contributed by atoms with van der Waals surface area (Å²) in [4.78, 5) is 25.2. The van der Waals surface area contributed by atoms with Crippen molar-refractivity contribution in [1.29, 1.82) is 0 Å². The van der Waals surface area contributed by atoms with Gasteiger partial charge in [-0.3, -0.25) is 4.79 Å². The summed E-state index contributed by atoms with van der Waals surface area (Å²) in [5.74, 6) is -0.674. The number of alkyl halides is 1. The molecule has 0 N–H and O–H groups in total. The third kappa shape index (κ3) is 3.25. The molecule has 2 aromatic rings. The van der Waals surface area contributed by atoms with Gasteiger partial charge in [-0.2, -0.15) is 0 Å². The Labute approximate surface area is 161 Å². The highest BCUT2D eigenvalue weighted by Gasteiger charge is 2.54. The van der Waals surface area contributed by atoms with Crippen LogP contribution in [-0.4, -0.2) is 24.7 Å². The number of fused-ring (bicyclic) bond motifs is 1. The topological polar surface area (TPSA) is 55.8 Å². The first kappa shape index (κ1) is 19.2. The van der Waals surface area contributed by atoms with E-state index >= 15 is 0 Å². The third-order valence-corrected chi connectivity index (χ3v) is 4.72. The minimum atomic E-state index is -1.70. The van der Waals surface area contributed by atoms with E-state index in [0.29, 0.717) is 22.6 Å². The molecule has 27 heavy (non-hydrogen) atoms. The zero-order valence-electron chi connectivity index (χ0n) is 15.4. The average Bonchev–Trinajstić information content (AvgIpc) is 2.82. The summed E-state index contributed by atoms with van der Waals surface area (Å²) in [6.45, 7) is 5.11. The average molecular weight is 392 g/mol. The maximum absolute atomic E-state index is 13.4. The van der Waals surface area contributed by atoms with Gasteiger partial charge in [-0.05, 0) is 56.7 Å². The third-order valence-electron chi connectivity index (χ3n) is 4.13. The number of anilines is 1. The second-order valence-electron chi connectivity index (χ2n) is 7.17. The van der Waals surface area contributed by atoms with E-state index in [1.807, 2.05) is 0 Å². The first-order valence-electron chi connectivity index (χ1n) is 8.29. The molecule has 0 saturated carbocycles. The van der Waals surface area contributed by atoms with E-state index < -0.39 is 28.3 Å². The Hall–Kier alpha value is -2.60. The van der Waals surface area contributed by atoms with Gasteiger partial charge in [0, 0.05) is 5.56 Å². The number of rotatable bonds is 2. The van der Waals surface area contributed by atoms with Gasteiger partial charge in [0.15, 0.2) is 4.87 Å². The molecule has 0 bridgehead atoms. The predicted molar refractivity (Wildman–Crippen MR) is 99.7 cm³/mol. The summed E-state index contributed by atoms with van der Waals surface area (Å²) in [5, 5.41) is 0. The quantitative estimate of drug-likeness (QED) is 0.702. The van der Waals surface area contributed by atoms with Gasteiger partial charge < -0.3 is 9.47 Å². The standard InChI is InChI=1S/C20H19ClFNO4/c1-19(2,3)27-18(25)23-16-10-9-14(26-4)11-15(16)20(21,17(23)24)12-5-7-13(22)8-6-12/h5-11H,1-4H3/t20-/m1/s1. The number of hydrogen-bond acceptors (Lipinski definition) is 4. The lowest BCUT2D eigenvalue weighted by atomic mass is 9.91. The normalized spacial score (nSPS) is 19.0. The van der Waals surface area contributed by atoms with Crippen LogP contribution in [0.5, 0.6) is 5.75 Å². The Morgan fingerprint density at radius 1 is 1.15 bits per heavy atom. The molecule has 142 valence electrons. The highest BCUT2D eigenvalue weighted by atomic mass is 35.5. The number of amides is 2. The van der Waals surface area contributed by atoms with E-state index in [-0.39, 0.29) is 0 Å². The smallest absolute Gasteiger partial charge is 0.421 e. The van der Waals surface area contributed by atoms with E-state index in [1.54, 1.807) is 39.0 Å². The molecule has 0 radical (unpaired) electrons. The second-order valence-corrected chi connectivity index (χ2v) is 7.74. The van der Waals surface area contributed by atoms with E-state index in [4.69, 9.17) is 21.1 Å². The molecule has 0 unspecified atom stereocenters. The Balaban J connectivity index is 2.18. The minimum absolute atomic E-state index is 0.300. The Kier molecular flexibility index (Phi) is 4.64. The van der Waals surface area contributed by atoms with Gasteiger partial charge >= 0.3 is 6.09 Å². The number of carbonyl (C=O) groups excluding carboxylic acids is 2. The molecule has 1 aliphatic rings. The van der Waals surface area contributed by atoms with Gasteiger partial charge in [-0.15, -0.1) is 0 Å². The number of halogens is 2. The van der Waals surface area contributed by atoms with Crippen LogP contribution in [0, 0.1) is 5.82 Å². The van der Waals surface area contributed by atoms with Crippen LogP contribution in [0.15, 0.2) is 42.5 Å². The molecule has 7 heteroatoms. The van der Waals surface area contributed by atoms with Crippen LogP contribution >= 0.6 is 11.6 Å². The summed E-state index contributed by atoms with van der Waals surface area (Å²) in [6, 6.07) is 10.0. The highest BCUT2D eigenvalue weighted by molar-refractivity contribution is 6.44.